The number of aliphatic hydroxyl groups is 2. The number of unbranched alkanes of at least 4 members (excludes halogenated alkanes) is 17. The topological polar surface area (TPSA) is 95.9 Å². The number of carbonyl (C=O) groups is 2. The fourth-order valence-electron chi connectivity index (χ4n) is 6.75. The lowest BCUT2D eigenvalue weighted by atomic mass is 10.0. The fourth-order valence-corrected chi connectivity index (χ4v) is 6.75. The molecule has 0 heterocycles. The van der Waals surface area contributed by atoms with Crippen LogP contribution < -0.4 is 5.32 Å². The summed E-state index contributed by atoms with van der Waals surface area (Å²) >= 11 is 0. The lowest BCUT2D eigenvalue weighted by Gasteiger charge is -2.24. The molecule has 0 saturated heterocycles. The van der Waals surface area contributed by atoms with Gasteiger partial charge in [0.15, 0.2) is 0 Å². The largest absolute Gasteiger partial charge is 0.462 e. The van der Waals surface area contributed by atoms with E-state index in [9.17, 15) is 19.8 Å². The molecule has 0 aliphatic rings. The Labute approximate surface area is 351 Å². The van der Waals surface area contributed by atoms with E-state index in [1.807, 2.05) is 0 Å². The van der Waals surface area contributed by atoms with Gasteiger partial charge >= 0.3 is 5.97 Å². The van der Waals surface area contributed by atoms with E-state index >= 15 is 0 Å². The van der Waals surface area contributed by atoms with Crippen molar-refractivity contribution in [1.82, 2.24) is 5.32 Å². The minimum Gasteiger partial charge on any atom is -0.462 e. The Bertz CT molecular complexity index is 1070. The molecule has 6 nitrogen and oxygen atoms in total. The summed E-state index contributed by atoms with van der Waals surface area (Å²) in [5.41, 5.74) is 0. The number of aliphatic hydroxyl groups excluding tert-OH is 2. The van der Waals surface area contributed by atoms with Crippen LogP contribution in [0.25, 0.3) is 0 Å². The van der Waals surface area contributed by atoms with E-state index in [4.69, 9.17) is 4.74 Å². The van der Waals surface area contributed by atoms with Crippen molar-refractivity contribution in [1.29, 1.82) is 0 Å². The number of nitrogens with one attached hydrogen (secondary N) is 1. The first-order chi connectivity index (χ1) is 28.0. The smallest absolute Gasteiger partial charge is 0.306 e. The van der Waals surface area contributed by atoms with Crippen LogP contribution in [0, 0.1) is 0 Å². The van der Waals surface area contributed by atoms with Gasteiger partial charge in [0.25, 0.3) is 0 Å². The van der Waals surface area contributed by atoms with E-state index < -0.39 is 18.2 Å². The Morgan fingerprint density at radius 2 is 0.947 bits per heavy atom. The quantitative estimate of drug-likeness (QED) is 0.0325. The first kappa shape index (κ1) is 54.3. The van der Waals surface area contributed by atoms with Crippen LogP contribution in [-0.2, 0) is 14.3 Å². The van der Waals surface area contributed by atoms with Crippen molar-refractivity contribution >= 4 is 11.9 Å². The third-order valence-corrected chi connectivity index (χ3v) is 10.3. The molecule has 0 aliphatic carbocycles. The minimum absolute atomic E-state index is 0.0393. The Kier molecular flexibility index (Phi) is 42.3. The highest BCUT2D eigenvalue weighted by atomic mass is 16.5. The number of allylic oxidation sites excluding steroid dienone is 12. The maximum absolute atomic E-state index is 13.1. The highest BCUT2D eigenvalue weighted by Crippen LogP contribution is 2.17. The van der Waals surface area contributed by atoms with Crippen LogP contribution in [0.2, 0.25) is 0 Å². The van der Waals surface area contributed by atoms with Crippen LogP contribution in [-0.4, -0.2) is 46.9 Å². The zero-order chi connectivity index (χ0) is 41.7. The normalized spacial score (nSPS) is 14.0. The number of ether oxygens (including phenoxy) is 1. The fraction of sp³-hybridized carbons (Fsp3) is 0.725. The Morgan fingerprint density at radius 3 is 1.46 bits per heavy atom. The van der Waals surface area contributed by atoms with E-state index in [0.29, 0.717) is 19.3 Å². The van der Waals surface area contributed by atoms with E-state index in [1.54, 1.807) is 0 Å². The van der Waals surface area contributed by atoms with Gasteiger partial charge in [0.05, 0.1) is 25.2 Å². The van der Waals surface area contributed by atoms with E-state index in [-0.39, 0.29) is 24.9 Å². The molecule has 0 rings (SSSR count). The van der Waals surface area contributed by atoms with E-state index in [2.05, 4.69) is 99.0 Å². The van der Waals surface area contributed by atoms with Gasteiger partial charge in [0.2, 0.25) is 5.91 Å². The number of hydrogen-bond donors (Lipinski definition) is 3. The van der Waals surface area contributed by atoms with Crippen molar-refractivity contribution in [3.63, 3.8) is 0 Å². The first-order valence-electron chi connectivity index (χ1n) is 23.7. The Hall–Kier alpha value is -2.70. The molecular formula is C51H89NO5. The summed E-state index contributed by atoms with van der Waals surface area (Å²) in [6.07, 6.45) is 55.3. The molecule has 0 aromatic rings. The number of carbonyl (C=O) groups excluding carboxylic acids is 2. The van der Waals surface area contributed by atoms with Crippen LogP contribution in [0.5, 0.6) is 0 Å². The summed E-state index contributed by atoms with van der Waals surface area (Å²) < 4.78 is 5.88. The molecule has 57 heavy (non-hydrogen) atoms. The molecule has 3 atom stereocenters. The number of hydrogen-bond acceptors (Lipinski definition) is 5. The van der Waals surface area contributed by atoms with Crippen molar-refractivity contribution in [3.8, 4) is 0 Å². The van der Waals surface area contributed by atoms with E-state index in [0.717, 1.165) is 109 Å². The second-order valence-corrected chi connectivity index (χ2v) is 15.7. The second-order valence-electron chi connectivity index (χ2n) is 15.7. The molecule has 1 amide bonds. The number of esters is 1. The standard InChI is InChI=1S/C51H89NO5/c1-4-7-10-13-16-19-22-25-26-29-32-35-38-41-44-51(56)57-47(42-39-36-33-30-27-23-20-17-14-11-8-5-2)45-50(55)52-48(46-53)49(54)43-40-37-34-31-28-24-21-18-15-12-9-6-3/h7-8,10-11,16-17,19-20,25-27,30,47-49,53-54H,4-6,9,12-15,18,21-24,28-29,31-46H2,1-3H3,(H,52,55)/b10-7+,11-8+,19-16+,20-17+,26-25+,30-27+. The molecule has 6 heteroatoms. The van der Waals surface area contributed by atoms with Crippen molar-refractivity contribution in [2.45, 2.75) is 232 Å². The highest BCUT2D eigenvalue weighted by molar-refractivity contribution is 5.77. The maximum Gasteiger partial charge on any atom is 0.306 e. The molecular weight excluding hydrogens is 707 g/mol. The van der Waals surface area contributed by atoms with Gasteiger partial charge in [0.1, 0.15) is 6.10 Å². The average Bonchev–Trinajstić information content (AvgIpc) is 3.20. The summed E-state index contributed by atoms with van der Waals surface area (Å²) in [5, 5.41) is 23.7. The van der Waals surface area contributed by atoms with Crippen molar-refractivity contribution in [3.05, 3.63) is 72.9 Å². The van der Waals surface area contributed by atoms with Gasteiger partial charge in [-0.2, -0.15) is 0 Å². The molecule has 0 radical (unpaired) electrons. The third kappa shape index (κ3) is 39.9. The Balaban J connectivity index is 4.68. The zero-order valence-electron chi connectivity index (χ0n) is 37.2. The predicted octanol–water partition coefficient (Wildman–Crippen LogP) is 13.8. The molecule has 0 aromatic carbocycles. The molecule has 3 unspecified atom stereocenters. The van der Waals surface area contributed by atoms with Crippen LogP contribution in [0.1, 0.15) is 213 Å². The van der Waals surface area contributed by atoms with Crippen molar-refractivity contribution < 1.29 is 24.5 Å². The summed E-state index contributed by atoms with van der Waals surface area (Å²) in [6.45, 7) is 6.22. The van der Waals surface area contributed by atoms with Crippen molar-refractivity contribution in [2.75, 3.05) is 6.61 Å². The third-order valence-electron chi connectivity index (χ3n) is 10.3. The summed E-state index contributed by atoms with van der Waals surface area (Å²) in [4.78, 5) is 26.0. The highest BCUT2D eigenvalue weighted by Gasteiger charge is 2.24. The second kappa shape index (κ2) is 44.4. The van der Waals surface area contributed by atoms with Gasteiger partial charge < -0.3 is 20.3 Å². The summed E-state index contributed by atoms with van der Waals surface area (Å²) in [5.74, 6) is -0.544. The zero-order valence-corrected chi connectivity index (χ0v) is 37.2. The van der Waals surface area contributed by atoms with Gasteiger partial charge in [-0.15, -0.1) is 0 Å². The summed E-state index contributed by atoms with van der Waals surface area (Å²) in [6, 6.07) is -0.720. The SMILES string of the molecule is CC/C=C/C/C=C/C/C=C/CCCCCCC(=O)OC(CCCC/C=C/C/C=C/C/C=C/CC)CC(=O)NC(CO)C(O)CCCCCCCCCCCCCC. The molecule has 0 fully saturated rings. The number of amides is 1. The first-order valence-corrected chi connectivity index (χ1v) is 23.7. The molecule has 328 valence electrons. The molecule has 3 N–H and O–H groups in total. The maximum atomic E-state index is 13.1. The number of rotatable bonds is 41. The van der Waals surface area contributed by atoms with Gasteiger partial charge in [-0.25, -0.2) is 0 Å². The van der Waals surface area contributed by atoms with Gasteiger partial charge in [-0.05, 0) is 89.9 Å². The van der Waals surface area contributed by atoms with Gasteiger partial charge in [0, 0.05) is 6.42 Å². The summed E-state index contributed by atoms with van der Waals surface area (Å²) in [7, 11) is 0. The van der Waals surface area contributed by atoms with Crippen molar-refractivity contribution in [2.24, 2.45) is 0 Å². The van der Waals surface area contributed by atoms with Crippen LogP contribution in [0.15, 0.2) is 72.9 Å². The molecule has 0 spiro atoms. The molecule has 0 aromatic heterocycles. The van der Waals surface area contributed by atoms with Gasteiger partial charge in [-0.3, -0.25) is 9.59 Å². The van der Waals surface area contributed by atoms with Gasteiger partial charge in [-0.1, -0.05) is 184 Å². The average molecular weight is 796 g/mol. The molecule has 0 aliphatic heterocycles. The van der Waals surface area contributed by atoms with E-state index in [1.165, 1.54) is 57.8 Å². The minimum atomic E-state index is -0.803. The lowest BCUT2D eigenvalue weighted by molar-refractivity contribution is -0.151. The lowest BCUT2D eigenvalue weighted by Crippen LogP contribution is -2.46. The predicted molar refractivity (Wildman–Crippen MR) is 245 cm³/mol. The van der Waals surface area contributed by atoms with Crippen LogP contribution in [0.4, 0.5) is 0 Å². The van der Waals surface area contributed by atoms with Crippen LogP contribution in [0.3, 0.4) is 0 Å². The Morgan fingerprint density at radius 1 is 0.526 bits per heavy atom. The molecule has 0 bridgehead atoms. The van der Waals surface area contributed by atoms with Crippen LogP contribution >= 0.6 is 0 Å². The monoisotopic (exact) mass is 796 g/mol. The molecule has 0 saturated carbocycles.